The van der Waals surface area contributed by atoms with Crippen molar-refractivity contribution in [2.45, 2.75) is 51.1 Å². The van der Waals surface area contributed by atoms with Crippen molar-refractivity contribution >= 4 is 5.91 Å². The molecule has 0 bridgehead atoms. The molecule has 0 N–H and O–H groups in total. The Morgan fingerprint density at radius 3 is 2.77 bits per heavy atom. The smallest absolute Gasteiger partial charge is 0.237 e. The summed E-state index contributed by atoms with van der Waals surface area (Å²) in [5, 5.41) is 0. The van der Waals surface area contributed by atoms with Crippen LogP contribution in [-0.2, 0) is 11.3 Å². The molecule has 2 unspecified atom stereocenters. The molecule has 2 fully saturated rings. The molecule has 1 aromatic carbocycles. The number of amides is 1. The lowest BCUT2D eigenvalue weighted by Crippen LogP contribution is -2.52. The van der Waals surface area contributed by atoms with Crippen LogP contribution in [0.5, 0.6) is 11.5 Å². The third kappa shape index (κ3) is 3.83. The number of likely N-dealkylation sites (tertiary alicyclic amines) is 1. The van der Waals surface area contributed by atoms with Crippen molar-refractivity contribution in [1.29, 1.82) is 0 Å². The highest BCUT2D eigenvalue weighted by Crippen LogP contribution is 2.35. The molecular weight excluding hydrogens is 328 g/mol. The van der Waals surface area contributed by atoms with E-state index in [2.05, 4.69) is 15.9 Å². The van der Waals surface area contributed by atoms with Crippen molar-refractivity contribution < 1.29 is 14.3 Å². The third-order valence-electron chi connectivity index (χ3n) is 6.03. The number of likely N-dealkylation sites (N-methyl/N-ethyl adjacent to an activating group) is 1. The Kier molecular flexibility index (Phi) is 5.34. The average Bonchev–Trinajstić information content (AvgIpc) is 2.67. The van der Waals surface area contributed by atoms with E-state index in [0.29, 0.717) is 31.7 Å². The van der Waals surface area contributed by atoms with E-state index in [4.69, 9.17) is 9.47 Å². The number of benzene rings is 1. The molecule has 142 valence electrons. The van der Waals surface area contributed by atoms with Gasteiger partial charge in [-0.3, -0.25) is 9.69 Å². The van der Waals surface area contributed by atoms with Crippen molar-refractivity contribution in [3.63, 3.8) is 0 Å². The van der Waals surface area contributed by atoms with Crippen LogP contribution in [0, 0.1) is 5.92 Å². The molecule has 5 heteroatoms. The normalized spacial score (nSPS) is 25.1. The van der Waals surface area contributed by atoms with Gasteiger partial charge in [0.1, 0.15) is 13.2 Å². The van der Waals surface area contributed by atoms with Crippen LogP contribution in [0.15, 0.2) is 18.2 Å². The van der Waals surface area contributed by atoms with Crippen molar-refractivity contribution in [3.05, 3.63) is 23.8 Å². The zero-order valence-electron chi connectivity index (χ0n) is 15.8. The molecule has 0 radical (unpaired) electrons. The van der Waals surface area contributed by atoms with E-state index in [0.717, 1.165) is 36.1 Å². The van der Waals surface area contributed by atoms with Gasteiger partial charge in [-0.2, -0.15) is 0 Å². The number of hydrogen-bond donors (Lipinski definition) is 0. The number of carbonyl (C=O) groups is 1. The minimum Gasteiger partial charge on any atom is -0.486 e. The largest absolute Gasteiger partial charge is 0.486 e. The average molecular weight is 358 g/mol. The van der Waals surface area contributed by atoms with Crippen molar-refractivity contribution in [2.24, 2.45) is 5.92 Å². The lowest BCUT2D eigenvalue weighted by molar-refractivity contribution is -0.138. The van der Waals surface area contributed by atoms with Gasteiger partial charge in [0.05, 0.1) is 6.54 Å². The molecule has 4 rings (SSSR count). The number of carbonyl (C=O) groups excluding carboxylic acids is 1. The summed E-state index contributed by atoms with van der Waals surface area (Å²) in [4.78, 5) is 17.2. The quantitative estimate of drug-likeness (QED) is 0.830. The third-order valence-corrected chi connectivity index (χ3v) is 6.03. The fourth-order valence-electron chi connectivity index (χ4n) is 4.81. The molecule has 2 aliphatic heterocycles. The molecule has 0 spiro atoms. The molecule has 1 aromatic rings. The van der Waals surface area contributed by atoms with Gasteiger partial charge in [-0.1, -0.05) is 18.9 Å². The fourth-order valence-corrected chi connectivity index (χ4v) is 4.81. The van der Waals surface area contributed by atoms with Gasteiger partial charge >= 0.3 is 0 Å². The Labute approximate surface area is 156 Å². The lowest BCUT2D eigenvalue weighted by Gasteiger charge is -2.44. The maximum atomic E-state index is 12.9. The zero-order valence-corrected chi connectivity index (χ0v) is 15.8. The predicted octanol–water partition coefficient (Wildman–Crippen LogP) is 3.07. The van der Waals surface area contributed by atoms with Gasteiger partial charge in [0.25, 0.3) is 0 Å². The first-order chi connectivity index (χ1) is 12.7. The van der Waals surface area contributed by atoms with Crippen molar-refractivity contribution in [1.82, 2.24) is 9.80 Å². The molecule has 2 atom stereocenters. The Morgan fingerprint density at radius 2 is 1.88 bits per heavy atom. The standard InChI is InChI=1S/C21H30N2O3/c1-22(14-16-8-9-19-20(13-16)26-12-11-25-19)15-21(24)23-10-4-6-17-5-2-3-7-18(17)23/h8-9,13,17-18H,2-7,10-12,14-15H2,1H3. The van der Waals surface area contributed by atoms with E-state index in [1.165, 1.54) is 38.5 Å². The van der Waals surface area contributed by atoms with Gasteiger partial charge in [-0.25, -0.2) is 0 Å². The van der Waals surface area contributed by atoms with Crippen LogP contribution in [-0.4, -0.2) is 55.1 Å². The second kappa shape index (κ2) is 7.87. The highest BCUT2D eigenvalue weighted by molar-refractivity contribution is 5.78. The maximum absolute atomic E-state index is 12.9. The van der Waals surface area contributed by atoms with Crippen LogP contribution in [0.2, 0.25) is 0 Å². The van der Waals surface area contributed by atoms with Crippen LogP contribution in [0.25, 0.3) is 0 Å². The van der Waals surface area contributed by atoms with Crippen LogP contribution in [0.4, 0.5) is 0 Å². The van der Waals surface area contributed by atoms with Gasteiger partial charge in [0, 0.05) is 19.1 Å². The van der Waals surface area contributed by atoms with Crippen LogP contribution < -0.4 is 9.47 Å². The van der Waals surface area contributed by atoms with Crippen LogP contribution in [0.3, 0.4) is 0 Å². The maximum Gasteiger partial charge on any atom is 0.237 e. The number of rotatable bonds is 4. The molecule has 3 aliphatic rings. The SMILES string of the molecule is CN(CC(=O)N1CCCC2CCCCC21)Cc1ccc2c(c1)OCCO2. The Bertz CT molecular complexity index is 646. The molecular formula is C21H30N2O3. The van der Waals surface area contributed by atoms with Crippen molar-refractivity contribution in [3.8, 4) is 11.5 Å². The molecule has 0 aromatic heterocycles. The molecule has 1 amide bonds. The van der Waals surface area contributed by atoms with E-state index >= 15 is 0 Å². The fraction of sp³-hybridized carbons (Fsp3) is 0.667. The van der Waals surface area contributed by atoms with Gasteiger partial charge in [0.2, 0.25) is 5.91 Å². The minimum absolute atomic E-state index is 0.293. The number of hydrogen-bond acceptors (Lipinski definition) is 4. The van der Waals surface area contributed by atoms with Crippen molar-refractivity contribution in [2.75, 3.05) is 33.4 Å². The molecule has 2 heterocycles. The number of nitrogens with zero attached hydrogens (tertiary/aromatic N) is 2. The number of fused-ring (bicyclic) bond motifs is 2. The summed E-state index contributed by atoms with van der Waals surface area (Å²) >= 11 is 0. The highest BCUT2D eigenvalue weighted by atomic mass is 16.6. The summed E-state index contributed by atoms with van der Waals surface area (Å²) < 4.78 is 11.2. The minimum atomic E-state index is 0.293. The summed E-state index contributed by atoms with van der Waals surface area (Å²) in [5.41, 5.74) is 1.15. The zero-order chi connectivity index (χ0) is 17.9. The first kappa shape index (κ1) is 17.7. The van der Waals surface area contributed by atoms with Gasteiger partial charge in [0.15, 0.2) is 11.5 Å². The van der Waals surface area contributed by atoms with Crippen LogP contribution >= 0.6 is 0 Å². The summed E-state index contributed by atoms with van der Waals surface area (Å²) in [6, 6.07) is 6.56. The molecule has 5 nitrogen and oxygen atoms in total. The second-order valence-electron chi connectivity index (χ2n) is 7.99. The molecule has 26 heavy (non-hydrogen) atoms. The number of ether oxygens (including phenoxy) is 2. The topological polar surface area (TPSA) is 42.0 Å². The summed E-state index contributed by atoms with van der Waals surface area (Å²) in [5.74, 6) is 2.66. The van der Waals surface area contributed by atoms with Gasteiger partial charge < -0.3 is 14.4 Å². The summed E-state index contributed by atoms with van der Waals surface area (Å²) in [6.45, 7) is 3.38. The Morgan fingerprint density at radius 1 is 1.12 bits per heavy atom. The first-order valence-electron chi connectivity index (χ1n) is 10.1. The molecule has 1 saturated heterocycles. The highest BCUT2D eigenvalue weighted by Gasteiger charge is 2.35. The monoisotopic (exact) mass is 358 g/mol. The Hall–Kier alpha value is -1.75. The summed E-state index contributed by atoms with van der Waals surface area (Å²) in [6.07, 6.45) is 7.59. The number of piperidine rings is 1. The Balaban J connectivity index is 1.35. The van der Waals surface area contributed by atoms with Crippen LogP contribution in [0.1, 0.15) is 44.1 Å². The predicted molar refractivity (Wildman–Crippen MR) is 100 cm³/mol. The lowest BCUT2D eigenvalue weighted by atomic mass is 9.78. The second-order valence-corrected chi connectivity index (χ2v) is 7.99. The molecule has 1 aliphatic carbocycles. The summed E-state index contributed by atoms with van der Waals surface area (Å²) in [7, 11) is 2.02. The van der Waals surface area contributed by atoms with E-state index in [9.17, 15) is 4.79 Å². The van der Waals surface area contributed by atoms with E-state index in [1.54, 1.807) is 0 Å². The first-order valence-corrected chi connectivity index (χ1v) is 10.1. The van der Waals surface area contributed by atoms with E-state index in [1.807, 2.05) is 19.2 Å². The van der Waals surface area contributed by atoms with Gasteiger partial charge in [-0.15, -0.1) is 0 Å². The molecule has 1 saturated carbocycles. The van der Waals surface area contributed by atoms with Gasteiger partial charge in [-0.05, 0) is 56.3 Å². The van der Waals surface area contributed by atoms with E-state index in [-0.39, 0.29) is 0 Å². The van der Waals surface area contributed by atoms with E-state index < -0.39 is 0 Å².